The van der Waals surface area contributed by atoms with Crippen molar-refractivity contribution in [1.82, 2.24) is 0 Å². The molecule has 0 atom stereocenters. The molecule has 0 amide bonds. The molecule has 2 aromatic rings. The van der Waals surface area contributed by atoms with E-state index in [0.717, 1.165) is 24.9 Å². The lowest BCUT2D eigenvalue weighted by atomic mass is 9.97. The molecule has 2 N–H and O–H groups in total. The van der Waals surface area contributed by atoms with Gasteiger partial charge in [0, 0.05) is 12.2 Å². The van der Waals surface area contributed by atoms with Crippen molar-refractivity contribution >= 4 is 5.69 Å². The number of hydrogen-bond donors (Lipinski definition) is 2. The Morgan fingerprint density at radius 3 is 2.19 bits per heavy atom. The Morgan fingerprint density at radius 2 is 1.52 bits per heavy atom. The van der Waals surface area contributed by atoms with Crippen molar-refractivity contribution < 1.29 is 5.11 Å². The van der Waals surface area contributed by atoms with Crippen molar-refractivity contribution in [3.8, 4) is 0 Å². The topological polar surface area (TPSA) is 32.3 Å². The Balaban J connectivity index is 2.10. The first-order chi connectivity index (χ1) is 10.2. The Kier molecular flexibility index (Phi) is 5.40. The molecule has 0 fully saturated rings. The molecule has 0 saturated carbocycles. The maximum Gasteiger partial charge on any atom is 0.0814 e. The van der Waals surface area contributed by atoms with E-state index in [0.29, 0.717) is 6.54 Å². The van der Waals surface area contributed by atoms with Crippen LogP contribution in [0.3, 0.4) is 0 Å². The molecule has 0 unspecified atom stereocenters. The molecule has 2 heteroatoms. The van der Waals surface area contributed by atoms with Crippen LogP contribution in [-0.4, -0.2) is 17.3 Å². The number of para-hydroxylation sites is 1. The fraction of sp³-hybridized carbons (Fsp3) is 0.368. The van der Waals surface area contributed by atoms with E-state index in [9.17, 15) is 5.11 Å². The van der Waals surface area contributed by atoms with E-state index in [2.05, 4.69) is 47.8 Å². The Labute approximate surface area is 127 Å². The third-order valence-corrected chi connectivity index (χ3v) is 4.18. The lowest BCUT2D eigenvalue weighted by Crippen LogP contribution is -2.35. The van der Waals surface area contributed by atoms with Gasteiger partial charge in [0.2, 0.25) is 0 Å². The molecule has 112 valence electrons. The van der Waals surface area contributed by atoms with Gasteiger partial charge in [-0.25, -0.2) is 0 Å². The van der Waals surface area contributed by atoms with E-state index in [-0.39, 0.29) is 0 Å². The first-order valence-corrected chi connectivity index (χ1v) is 7.75. The first-order valence-electron chi connectivity index (χ1n) is 7.75. The standard InChI is InChI=1S/C19H25NO/c1-3-19(21,4-2)15-20-18-13-9-8-12-17(18)14-16-10-6-5-7-11-16/h5-13,20-21H,3-4,14-15H2,1-2H3. The van der Waals surface area contributed by atoms with E-state index < -0.39 is 5.60 Å². The number of hydrogen-bond acceptors (Lipinski definition) is 2. The highest BCUT2D eigenvalue weighted by Gasteiger charge is 2.21. The van der Waals surface area contributed by atoms with Crippen LogP contribution in [0.5, 0.6) is 0 Å². The average Bonchev–Trinajstić information content (AvgIpc) is 2.55. The van der Waals surface area contributed by atoms with Crippen LogP contribution < -0.4 is 5.32 Å². The van der Waals surface area contributed by atoms with Crippen LogP contribution in [0.4, 0.5) is 5.69 Å². The summed E-state index contributed by atoms with van der Waals surface area (Å²) in [4.78, 5) is 0. The molecule has 0 aromatic heterocycles. The highest BCUT2D eigenvalue weighted by atomic mass is 16.3. The van der Waals surface area contributed by atoms with Crippen LogP contribution in [-0.2, 0) is 6.42 Å². The van der Waals surface area contributed by atoms with Crippen LogP contribution in [0.25, 0.3) is 0 Å². The van der Waals surface area contributed by atoms with Crippen LogP contribution in [0.15, 0.2) is 54.6 Å². The van der Waals surface area contributed by atoms with Crippen molar-refractivity contribution in [2.24, 2.45) is 0 Å². The molecule has 0 heterocycles. The number of benzene rings is 2. The van der Waals surface area contributed by atoms with Gasteiger partial charge < -0.3 is 10.4 Å². The molecule has 0 bridgehead atoms. The SMILES string of the molecule is CCC(O)(CC)CNc1ccccc1Cc1ccccc1. The highest BCUT2D eigenvalue weighted by Crippen LogP contribution is 2.21. The summed E-state index contributed by atoms with van der Waals surface area (Å²) in [5, 5.41) is 13.8. The minimum absolute atomic E-state index is 0.589. The quantitative estimate of drug-likeness (QED) is 0.796. The fourth-order valence-electron chi connectivity index (χ4n) is 2.42. The minimum atomic E-state index is -0.625. The summed E-state index contributed by atoms with van der Waals surface area (Å²) in [6.07, 6.45) is 2.43. The summed E-state index contributed by atoms with van der Waals surface area (Å²) in [5.74, 6) is 0. The summed E-state index contributed by atoms with van der Waals surface area (Å²) in [6, 6.07) is 18.8. The Morgan fingerprint density at radius 1 is 0.905 bits per heavy atom. The lowest BCUT2D eigenvalue weighted by Gasteiger charge is -2.26. The van der Waals surface area contributed by atoms with Crippen molar-refractivity contribution in [2.75, 3.05) is 11.9 Å². The number of nitrogens with one attached hydrogen (secondary N) is 1. The molecule has 0 spiro atoms. The zero-order valence-corrected chi connectivity index (χ0v) is 13.0. The third kappa shape index (κ3) is 4.33. The molecule has 0 aliphatic rings. The van der Waals surface area contributed by atoms with Gasteiger partial charge in [0.1, 0.15) is 0 Å². The van der Waals surface area contributed by atoms with Crippen LogP contribution in [0.1, 0.15) is 37.8 Å². The summed E-state index contributed by atoms with van der Waals surface area (Å²) in [7, 11) is 0. The van der Waals surface area contributed by atoms with Gasteiger partial charge in [-0.2, -0.15) is 0 Å². The van der Waals surface area contributed by atoms with Gasteiger partial charge in [-0.15, -0.1) is 0 Å². The zero-order chi connectivity index (χ0) is 15.1. The van der Waals surface area contributed by atoms with Gasteiger partial charge in [0.15, 0.2) is 0 Å². The van der Waals surface area contributed by atoms with Crippen LogP contribution in [0, 0.1) is 0 Å². The van der Waals surface area contributed by atoms with Crippen LogP contribution in [0.2, 0.25) is 0 Å². The maximum atomic E-state index is 10.4. The summed E-state index contributed by atoms with van der Waals surface area (Å²) >= 11 is 0. The molecule has 0 radical (unpaired) electrons. The molecular weight excluding hydrogens is 258 g/mol. The summed E-state index contributed by atoms with van der Waals surface area (Å²) in [5.41, 5.74) is 3.05. The Hall–Kier alpha value is -1.80. The first kappa shape index (κ1) is 15.6. The average molecular weight is 283 g/mol. The lowest BCUT2D eigenvalue weighted by molar-refractivity contribution is 0.0457. The van der Waals surface area contributed by atoms with E-state index in [1.807, 2.05) is 26.0 Å². The van der Waals surface area contributed by atoms with E-state index in [4.69, 9.17) is 0 Å². The number of aliphatic hydroxyl groups is 1. The third-order valence-electron chi connectivity index (χ3n) is 4.18. The van der Waals surface area contributed by atoms with E-state index in [1.54, 1.807) is 0 Å². The summed E-state index contributed by atoms with van der Waals surface area (Å²) in [6.45, 7) is 4.65. The normalized spacial score (nSPS) is 11.4. The van der Waals surface area contributed by atoms with Crippen molar-refractivity contribution in [2.45, 2.75) is 38.7 Å². The zero-order valence-electron chi connectivity index (χ0n) is 13.0. The molecule has 21 heavy (non-hydrogen) atoms. The second-order valence-corrected chi connectivity index (χ2v) is 5.60. The molecule has 2 rings (SSSR count). The Bertz CT molecular complexity index is 547. The van der Waals surface area contributed by atoms with Gasteiger partial charge in [-0.3, -0.25) is 0 Å². The molecule has 0 saturated heterocycles. The second-order valence-electron chi connectivity index (χ2n) is 5.60. The predicted molar refractivity (Wildman–Crippen MR) is 89.7 cm³/mol. The molecule has 0 aliphatic carbocycles. The fourth-order valence-corrected chi connectivity index (χ4v) is 2.42. The van der Waals surface area contributed by atoms with Gasteiger partial charge >= 0.3 is 0 Å². The monoisotopic (exact) mass is 283 g/mol. The second kappa shape index (κ2) is 7.28. The molecule has 0 aliphatic heterocycles. The molecular formula is C19H25NO. The van der Waals surface area contributed by atoms with Gasteiger partial charge in [0.05, 0.1) is 5.60 Å². The predicted octanol–water partition coefficient (Wildman–Crippen LogP) is 4.24. The van der Waals surface area contributed by atoms with E-state index >= 15 is 0 Å². The largest absolute Gasteiger partial charge is 0.388 e. The molecule has 2 aromatic carbocycles. The van der Waals surface area contributed by atoms with Crippen molar-refractivity contribution in [3.63, 3.8) is 0 Å². The maximum absolute atomic E-state index is 10.4. The van der Waals surface area contributed by atoms with Gasteiger partial charge in [-0.1, -0.05) is 62.4 Å². The van der Waals surface area contributed by atoms with Crippen molar-refractivity contribution in [1.29, 1.82) is 0 Å². The summed E-state index contributed by atoms with van der Waals surface area (Å²) < 4.78 is 0. The number of rotatable bonds is 7. The number of anilines is 1. The van der Waals surface area contributed by atoms with Crippen molar-refractivity contribution in [3.05, 3.63) is 65.7 Å². The van der Waals surface area contributed by atoms with Gasteiger partial charge in [0.25, 0.3) is 0 Å². The smallest absolute Gasteiger partial charge is 0.0814 e. The van der Waals surface area contributed by atoms with Gasteiger partial charge in [-0.05, 0) is 36.5 Å². The van der Waals surface area contributed by atoms with Crippen LogP contribution >= 0.6 is 0 Å². The molecule has 2 nitrogen and oxygen atoms in total. The minimum Gasteiger partial charge on any atom is -0.388 e. The van der Waals surface area contributed by atoms with E-state index in [1.165, 1.54) is 11.1 Å². The highest BCUT2D eigenvalue weighted by molar-refractivity contribution is 5.53.